The molecule has 125 heavy (non-hydrogen) atoms. The number of rotatable bonds is 13. The van der Waals surface area contributed by atoms with Gasteiger partial charge in [-0.3, -0.25) is 0 Å². The van der Waals surface area contributed by atoms with E-state index in [9.17, 15) is 0 Å². The molecule has 0 aliphatic carbocycles. The van der Waals surface area contributed by atoms with Crippen molar-refractivity contribution in [2.24, 2.45) is 0 Å². The van der Waals surface area contributed by atoms with Crippen LogP contribution < -0.4 is 0 Å². The molecule has 0 amide bonds. The first-order valence-electron chi connectivity index (χ1n) is 46.6. The second-order valence-corrected chi connectivity index (χ2v) is 41.3. The molecule has 0 saturated carbocycles. The number of fused-ring (bicyclic) bond motifs is 2. The maximum absolute atomic E-state index is 2.36. The van der Waals surface area contributed by atoms with Crippen molar-refractivity contribution in [1.82, 2.24) is 0 Å². The predicted molar refractivity (Wildman–Crippen MR) is 571 cm³/mol. The van der Waals surface area contributed by atoms with Gasteiger partial charge in [0, 0.05) is 0 Å². The molecule has 0 aliphatic rings. The lowest BCUT2D eigenvalue weighted by atomic mass is 9.84. The van der Waals surface area contributed by atoms with Crippen molar-refractivity contribution in [3.8, 4) is 11.1 Å². The van der Waals surface area contributed by atoms with Gasteiger partial charge in [0.25, 0.3) is 0 Å². The van der Waals surface area contributed by atoms with Crippen molar-refractivity contribution in [2.75, 3.05) is 0 Å². The van der Waals surface area contributed by atoms with Gasteiger partial charge in [-0.05, 0) is 288 Å². The highest BCUT2D eigenvalue weighted by atomic mass is 14.3. The van der Waals surface area contributed by atoms with E-state index in [-0.39, 0.29) is 54.8 Å². The molecule has 0 heteroatoms. The third kappa shape index (κ3) is 38.7. The van der Waals surface area contributed by atoms with E-state index in [4.69, 9.17) is 0 Å². The van der Waals surface area contributed by atoms with Gasteiger partial charge in [-0.25, -0.2) is 0 Å². The molecule has 3 atom stereocenters. The van der Waals surface area contributed by atoms with Crippen LogP contribution in [0.15, 0.2) is 249 Å². The van der Waals surface area contributed by atoms with E-state index in [2.05, 4.69) is 498 Å². The molecule has 0 radical (unpaired) electrons. The lowest BCUT2D eigenvalue weighted by Crippen LogP contribution is -2.12. The summed E-state index contributed by atoms with van der Waals surface area (Å²) in [5.41, 5.74) is 34.0. The minimum Gasteiger partial charge on any atom is -0.0776 e. The van der Waals surface area contributed by atoms with E-state index in [1.54, 1.807) is 0 Å². The Morgan fingerprint density at radius 1 is 0.208 bits per heavy atom. The van der Waals surface area contributed by atoms with Gasteiger partial charge in [0.1, 0.15) is 0 Å². The van der Waals surface area contributed by atoms with Gasteiger partial charge >= 0.3 is 0 Å². The van der Waals surface area contributed by atoms with Crippen LogP contribution in [0.2, 0.25) is 0 Å². The summed E-state index contributed by atoms with van der Waals surface area (Å²) < 4.78 is 0. The smallest absolute Gasteiger partial charge is 0.0129 e. The summed E-state index contributed by atoms with van der Waals surface area (Å²) in [7, 11) is 0. The molecule has 682 valence electrons. The van der Waals surface area contributed by atoms with Crippen LogP contribution in [-0.4, -0.2) is 0 Å². The van der Waals surface area contributed by atoms with Crippen molar-refractivity contribution >= 4 is 21.5 Å². The fraction of sp³-hybridized carbons (Fsp3) is 0.456. The van der Waals surface area contributed by atoms with Gasteiger partial charge in [0.2, 0.25) is 0 Å². The average molecular weight is 1680 g/mol. The minimum atomic E-state index is 0. The number of benzene rings is 12. The fourth-order valence-corrected chi connectivity index (χ4v) is 17.4. The Balaban J connectivity index is 0.000000704. The SMILES string of the molecule is C.C.C.CCCC(CC)c1ccc(-c2ccccc2)cc1.CCCC(CC)c1ccc2ccccc2c1.CCCC(CC)c1cccc2ccccc12.Cc1ccc(C(C)(C)C)c(C)c1.Cc1ccc(C(C)(C)C)c(C)c1.Cc1ccc(C(C)(C)C)c(C)c1.Cc1ccc(C(C)(C)C)c(C)c1.Cc1ccc(C(C)(C)C)c(C)c1.Cc1ccc(C(C)(C)C)c(C)c1. The van der Waals surface area contributed by atoms with Crippen LogP contribution in [0.25, 0.3) is 32.7 Å². The molecule has 0 aliphatic heterocycles. The van der Waals surface area contributed by atoms with Crippen molar-refractivity contribution in [2.45, 2.75) is 380 Å². The van der Waals surface area contributed by atoms with Crippen molar-refractivity contribution in [3.05, 3.63) is 366 Å². The van der Waals surface area contributed by atoms with Crippen molar-refractivity contribution in [3.63, 3.8) is 0 Å². The number of aryl methyl sites for hydroxylation is 12. The summed E-state index contributed by atoms with van der Waals surface area (Å²) in [6, 6.07) is 90.7. The second kappa shape index (κ2) is 53.7. The second-order valence-electron chi connectivity index (χ2n) is 41.3. The maximum Gasteiger partial charge on any atom is -0.0129 e. The van der Waals surface area contributed by atoms with E-state index in [0.717, 1.165) is 17.8 Å². The van der Waals surface area contributed by atoms with Gasteiger partial charge < -0.3 is 0 Å². The normalized spacial score (nSPS) is 11.8. The van der Waals surface area contributed by atoms with Crippen LogP contribution in [0.5, 0.6) is 0 Å². The molecule has 0 fully saturated rings. The highest BCUT2D eigenvalue weighted by Crippen LogP contribution is 2.36. The van der Waals surface area contributed by atoms with E-state index in [0.29, 0.717) is 0 Å². The van der Waals surface area contributed by atoms with Crippen LogP contribution in [-0.2, 0) is 32.5 Å². The predicted octanol–water partition coefficient (Wildman–Crippen LogP) is 39.4. The van der Waals surface area contributed by atoms with Crippen LogP contribution >= 0.6 is 0 Å². The van der Waals surface area contributed by atoms with Crippen LogP contribution in [0.3, 0.4) is 0 Å². The van der Waals surface area contributed by atoms with Gasteiger partial charge in [0.15, 0.2) is 0 Å². The molecule has 0 N–H and O–H groups in total. The van der Waals surface area contributed by atoms with E-state index in [1.807, 2.05) is 0 Å². The highest BCUT2D eigenvalue weighted by Gasteiger charge is 2.21. The average Bonchev–Trinajstić information content (AvgIpc) is 0.813. The Hall–Kier alpha value is -8.84. The molecule has 0 aromatic heterocycles. The third-order valence-electron chi connectivity index (χ3n) is 23.5. The summed E-state index contributed by atoms with van der Waals surface area (Å²) in [6.45, 7) is 80.2. The van der Waals surface area contributed by atoms with Crippen LogP contribution in [0.4, 0.5) is 0 Å². The van der Waals surface area contributed by atoms with Crippen LogP contribution in [0, 0.1) is 83.1 Å². The monoisotopic (exact) mass is 1680 g/mol. The maximum atomic E-state index is 2.36. The number of hydrogen-bond acceptors (Lipinski definition) is 0. The Morgan fingerprint density at radius 2 is 0.456 bits per heavy atom. The highest BCUT2D eigenvalue weighted by molar-refractivity contribution is 5.86. The molecule has 0 spiro atoms. The molecule has 12 aromatic rings. The first kappa shape index (κ1) is 114. The Labute approximate surface area is 772 Å². The third-order valence-corrected chi connectivity index (χ3v) is 23.5. The van der Waals surface area contributed by atoms with Gasteiger partial charge in [-0.15, -0.1) is 0 Å². The van der Waals surface area contributed by atoms with Crippen molar-refractivity contribution in [1.29, 1.82) is 0 Å². The summed E-state index contributed by atoms with van der Waals surface area (Å²) in [5.74, 6) is 2.17. The number of hydrogen-bond donors (Lipinski definition) is 0. The molecule has 0 nitrogen and oxygen atoms in total. The zero-order chi connectivity index (χ0) is 91.7. The summed E-state index contributed by atoms with van der Waals surface area (Å²) in [4.78, 5) is 0. The van der Waals surface area contributed by atoms with Crippen LogP contribution in [0.1, 0.15) is 381 Å². The first-order valence-corrected chi connectivity index (χ1v) is 46.6. The van der Waals surface area contributed by atoms with E-state index in [1.165, 1.54) is 207 Å². The fourth-order valence-electron chi connectivity index (χ4n) is 17.4. The van der Waals surface area contributed by atoms with E-state index >= 15 is 0 Å². The standard InChI is InChI=1S/C18H22.2C16H20.6C12H18.3CH4/c1-3-8-15(4-2)17-11-13-18(14-12-17)16-9-6-5-7-10-16;1-3-8-13(4-2)15-12-7-10-14-9-5-6-11-16(14)15;1-3-7-13(4-2)16-11-10-14-8-5-6-9-15(14)12-16;6*1-9-6-7-11(10(2)8-9)12(3,4)5;;;/h5-7,9-15H,3-4,8H2,1-2H3;5-7,9-13H,3-4,8H2,1-2H3;5-6,8-13H,3-4,7H2,1-2H3;6*6-8H,1-5H3;3*1H4. The minimum absolute atomic E-state index is 0. The summed E-state index contributed by atoms with van der Waals surface area (Å²) in [6.07, 6.45) is 11.4. The Kier molecular flexibility index (Phi) is 49.1. The molecule has 0 heterocycles. The largest absolute Gasteiger partial charge is 0.0776 e. The lowest BCUT2D eigenvalue weighted by Gasteiger charge is -2.21. The van der Waals surface area contributed by atoms with Gasteiger partial charge in [0.05, 0.1) is 0 Å². The molecular weight excluding hydrogens is 1500 g/mol. The van der Waals surface area contributed by atoms with E-state index < -0.39 is 0 Å². The summed E-state index contributed by atoms with van der Waals surface area (Å²) in [5, 5.41) is 5.52. The zero-order valence-corrected chi connectivity index (χ0v) is 84.3. The lowest BCUT2D eigenvalue weighted by molar-refractivity contribution is 0.585. The van der Waals surface area contributed by atoms with Gasteiger partial charge in [-0.2, -0.15) is 0 Å². The molecule has 12 aromatic carbocycles. The quantitative estimate of drug-likeness (QED) is 0.108. The van der Waals surface area contributed by atoms with Crippen molar-refractivity contribution < 1.29 is 0 Å². The molecule has 0 saturated heterocycles. The first-order chi connectivity index (χ1) is 57.0. The van der Waals surface area contributed by atoms with Gasteiger partial charge in [-0.1, -0.05) is 490 Å². The topological polar surface area (TPSA) is 0 Å². The molecule has 0 bridgehead atoms. The molecule has 3 unspecified atom stereocenters. The zero-order valence-electron chi connectivity index (χ0n) is 84.3. The molecular formula is C125H182. The summed E-state index contributed by atoms with van der Waals surface area (Å²) >= 11 is 0. The Morgan fingerprint density at radius 3 is 0.744 bits per heavy atom. The Bertz CT molecular complexity index is 4550. The molecule has 12 rings (SSSR count).